The molecule has 11 heteroatoms. The van der Waals surface area contributed by atoms with Crippen molar-refractivity contribution in [3.8, 4) is 5.13 Å². The zero-order valence-electron chi connectivity index (χ0n) is 14.9. The summed E-state index contributed by atoms with van der Waals surface area (Å²) in [6, 6.07) is 3.72. The Kier molecular flexibility index (Phi) is 4.69. The van der Waals surface area contributed by atoms with Gasteiger partial charge in [-0.05, 0) is 25.5 Å². The molecule has 28 heavy (non-hydrogen) atoms. The van der Waals surface area contributed by atoms with E-state index in [1.54, 1.807) is 11.5 Å². The van der Waals surface area contributed by atoms with Crippen LogP contribution in [-0.2, 0) is 19.5 Å². The molecular formula is C17H17F3N6OS. The average molecular weight is 410 g/mol. The first kappa shape index (κ1) is 18.7. The van der Waals surface area contributed by atoms with E-state index in [0.29, 0.717) is 27.4 Å². The van der Waals surface area contributed by atoms with E-state index in [2.05, 4.69) is 20.5 Å². The lowest BCUT2D eigenvalue weighted by atomic mass is 9.99. The number of hydrogen-bond acceptors (Lipinski definition) is 5. The molecule has 3 aromatic heterocycles. The second kappa shape index (κ2) is 7.04. The van der Waals surface area contributed by atoms with Gasteiger partial charge in [0.1, 0.15) is 10.7 Å². The number of halogens is 3. The van der Waals surface area contributed by atoms with E-state index in [1.165, 1.54) is 15.9 Å². The summed E-state index contributed by atoms with van der Waals surface area (Å²) in [5.74, 6) is -0.911. The number of aryl methyl sites for hydroxylation is 2. The molecule has 1 aliphatic rings. The van der Waals surface area contributed by atoms with E-state index in [9.17, 15) is 18.0 Å². The molecule has 0 fully saturated rings. The van der Waals surface area contributed by atoms with Crippen LogP contribution in [0.3, 0.4) is 0 Å². The van der Waals surface area contributed by atoms with E-state index in [-0.39, 0.29) is 31.8 Å². The zero-order valence-corrected chi connectivity index (χ0v) is 15.7. The van der Waals surface area contributed by atoms with Crippen molar-refractivity contribution in [1.29, 1.82) is 0 Å². The van der Waals surface area contributed by atoms with Gasteiger partial charge in [-0.3, -0.25) is 4.79 Å². The predicted octanol–water partition coefficient (Wildman–Crippen LogP) is 2.89. The van der Waals surface area contributed by atoms with Gasteiger partial charge in [0.2, 0.25) is 0 Å². The summed E-state index contributed by atoms with van der Waals surface area (Å²) in [5, 5.41) is 11.3. The highest BCUT2D eigenvalue weighted by Gasteiger charge is 2.42. The number of amides is 1. The first-order valence-corrected chi connectivity index (χ1v) is 9.51. The first-order chi connectivity index (χ1) is 13.3. The first-order valence-electron chi connectivity index (χ1n) is 8.69. The highest BCUT2D eigenvalue weighted by molar-refractivity contribution is 7.16. The third-order valence-corrected chi connectivity index (χ3v) is 5.88. The summed E-state index contributed by atoms with van der Waals surface area (Å²) < 4.78 is 42.4. The Morgan fingerprint density at radius 1 is 1.32 bits per heavy atom. The number of aromatic nitrogens is 5. The topological polar surface area (TPSA) is 77.6 Å². The van der Waals surface area contributed by atoms with Gasteiger partial charge in [-0.15, -0.1) is 10.2 Å². The Morgan fingerprint density at radius 3 is 2.79 bits per heavy atom. The van der Waals surface area contributed by atoms with Gasteiger partial charge in [-0.2, -0.15) is 13.2 Å². The van der Waals surface area contributed by atoms with Gasteiger partial charge in [0.25, 0.3) is 5.91 Å². The maximum atomic E-state index is 13.0. The van der Waals surface area contributed by atoms with Crippen LogP contribution < -0.4 is 5.32 Å². The van der Waals surface area contributed by atoms with Gasteiger partial charge in [0.05, 0.1) is 18.2 Å². The Morgan fingerprint density at radius 2 is 2.07 bits per heavy atom. The van der Waals surface area contributed by atoms with E-state index in [1.807, 2.05) is 24.5 Å². The van der Waals surface area contributed by atoms with Crippen molar-refractivity contribution in [2.45, 2.75) is 39.0 Å². The minimum absolute atomic E-state index is 0.00655. The third kappa shape index (κ3) is 3.53. The molecule has 0 spiro atoms. The van der Waals surface area contributed by atoms with E-state index < -0.39 is 12.1 Å². The van der Waals surface area contributed by atoms with Crippen LogP contribution in [0.5, 0.6) is 0 Å². The number of thiazole rings is 1. The van der Waals surface area contributed by atoms with Crippen LogP contribution in [0.25, 0.3) is 5.13 Å². The number of rotatable bonds is 4. The molecule has 148 valence electrons. The van der Waals surface area contributed by atoms with Gasteiger partial charge < -0.3 is 14.5 Å². The normalized spacial score (nSPS) is 16.8. The van der Waals surface area contributed by atoms with E-state index in [0.717, 1.165) is 0 Å². The molecule has 0 radical (unpaired) electrons. The summed E-state index contributed by atoms with van der Waals surface area (Å²) >= 11 is 1.24. The molecule has 4 heterocycles. The molecule has 7 nitrogen and oxygen atoms in total. The Labute approximate surface area is 162 Å². The van der Waals surface area contributed by atoms with Crippen LogP contribution >= 0.6 is 11.3 Å². The van der Waals surface area contributed by atoms with Gasteiger partial charge in [-0.25, -0.2) is 4.98 Å². The van der Waals surface area contributed by atoms with E-state index >= 15 is 0 Å². The molecule has 0 aromatic carbocycles. The number of nitrogens with one attached hydrogen (secondary N) is 1. The lowest BCUT2D eigenvalue weighted by Gasteiger charge is -2.26. The monoisotopic (exact) mass is 410 g/mol. The smallest absolute Gasteiger partial charge is 0.344 e. The van der Waals surface area contributed by atoms with Crippen LogP contribution in [0.1, 0.15) is 33.4 Å². The minimum atomic E-state index is -4.25. The van der Waals surface area contributed by atoms with E-state index in [4.69, 9.17) is 0 Å². The van der Waals surface area contributed by atoms with Crippen LogP contribution in [0.15, 0.2) is 24.5 Å². The Hall–Kier alpha value is -2.69. The van der Waals surface area contributed by atoms with Crippen molar-refractivity contribution in [2.24, 2.45) is 5.92 Å². The highest BCUT2D eigenvalue weighted by atomic mass is 32.1. The number of carbonyl (C=O) groups is 1. The standard InChI is InChI=1S/C17H17F3N6OS/c1-10-14(28-16(22-10)25-6-2-3-7-25)15(27)21-8-13-24-23-12-5-4-11(9-26(12)13)17(18,19)20/h2-3,6-7,11H,4-5,8-9H2,1H3,(H,21,27)/t11-/m0/s1. The molecule has 0 unspecified atom stereocenters. The maximum Gasteiger partial charge on any atom is 0.393 e. The maximum absolute atomic E-state index is 13.0. The molecule has 1 atom stereocenters. The molecule has 1 N–H and O–H groups in total. The molecule has 3 aromatic rings. The molecule has 4 rings (SSSR count). The molecule has 0 bridgehead atoms. The zero-order chi connectivity index (χ0) is 19.9. The van der Waals surface area contributed by atoms with Crippen molar-refractivity contribution in [3.63, 3.8) is 0 Å². The molecule has 0 aliphatic carbocycles. The second-order valence-electron chi connectivity index (χ2n) is 6.60. The Bertz CT molecular complexity index is 991. The van der Waals surface area contributed by atoms with Gasteiger partial charge in [-0.1, -0.05) is 11.3 Å². The van der Waals surface area contributed by atoms with Crippen molar-refractivity contribution in [2.75, 3.05) is 0 Å². The number of hydrogen-bond donors (Lipinski definition) is 1. The largest absolute Gasteiger partial charge is 0.393 e. The van der Waals surface area contributed by atoms with Crippen LogP contribution in [0.2, 0.25) is 0 Å². The summed E-state index contributed by atoms with van der Waals surface area (Å²) in [7, 11) is 0. The van der Waals surface area contributed by atoms with Crippen LogP contribution in [-0.4, -0.2) is 36.4 Å². The fourth-order valence-electron chi connectivity index (χ4n) is 3.19. The third-order valence-electron chi connectivity index (χ3n) is 4.71. The van der Waals surface area contributed by atoms with Crippen molar-refractivity contribution in [1.82, 2.24) is 29.6 Å². The lowest BCUT2D eigenvalue weighted by molar-refractivity contribution is -0.182. The molecule has 0 saturated carbocycles. The SMILES string of the molecule is Cc1nc(-n2cccc2)sc1C(=O)NCc1nnc2n1C[C@@H](C(F)(F)F)CC2. The molecule has 0 saturated heterocycles. The molecular weight excluding hydrogens is 393 g/mol. The number of nitrogens with zero attached hydrogens (tertiary/aromatic N) is 5. The van der Waals surface area contributed by atoms with Crippen molar-refractivity contribution >= 4 is 17.2 Å². The number of carbonyl (C=O) groups excluding carboxylic acids is 1. The average Bonchev–Trinajstić information content (AvgIpc) is 3.38. The van der Waals surface area contributed by atoms with Crippen molar-refractivity contribution < 1.29 is 18.0 Å². The predicted molar refractivity (Wildman–Crippen MR) is 95.2 cm³/mol. The van der Waals surface area contributed by atoms with Gasteiger partial charge in [0.15, 0.2) is 11.0 Å². The lowest BCUT2D eigenvalue weighted by Crippen LogP contribution is -2.33. The van der Waals surface area contributed by atoms with Crippen LogP contribution in [0.4, 0.5) is 13.2 Å². The second-order valence-corrected chi connectivity index (χ2v) is 7.58. The highest BCUT2D eigenvalue weighted by Crippen LogP contribution is 2.34. The summed E-state index contributed by atoms with van der Waals surface area (Å²) in [4.78, 5) is 17.4. The van der Waals surface area contributed by atoms with Gasteiger partial charge in [0, 0.05) is 25.4 Å². The molecule has 1 amide bonds. The number of alkyl halides is 3. The summed E-state index contributed by atoms with van der Waals surface area (Å²) in [6.07, 6.45) is -0.356. The van der Waals surface area contributed by atoms with Gasteiger partial charge >= 0.3 is 6.18 Å². The molecule has 1 aliphatic heterocycles. The van der Waals surface area contributed by atoms with Crippen LogP contribution in [0, 0.1) is 12.8 Å². The fraction of sp³-hybridized carbons (Fsp3) is 0.412. The number of fused-ring (bicyclic) bond motifs is 1. The quantitative estimate of drug-likeness (QED) is 0.718. The Balaban J connectivity index is 1.46. The summed E-state index contributed by atoms with van der Waals surface area (Å²) in [5.41, 5.74) is 0.589. The van der Waals surface area contributed by atoms with Crippen molar-refractivity contribution in [3.05, 3.63) is 46.7 Å². The fourth-order valence-corrected chi connectivity index (χ4v) is 4.14. The minimum Gasteiger partial charge on any atom is -0.344 e. The summed E-state index contributed by atoms with van der Waals surface area (Å²) in [6.45, 7) is 1.53.